The van der Waals surface area contributed by atoms with Crippen LogP contribution in [0.4, 0.5) is 4.79 Å². The molecule has 0 atom stereocenters. The number of rotatable bonds is 4. The molecule has 0 bridgehead atoms. The molecule has 1 aliphatic heterocycles. The lowest BCUT2D eigenvalue weighted by Gasteiger charge is -2.41. The van der Waals surface area contributed by atoms with Crippen LogP contribution < -0.4 is 0 Å². The van der Waals surface area contributed by atoms with Crippen LogP contribution in [0.25, 0.3) is 4.85 Å². The Morgan fingerprint density at radius 1 is 1.24 bits per heavy atom. The average molecular weight is 344 g/mol. The Hall–Kier alpha value is -2.06. The molecule has 5 heteroatoms. The summed E-state index contributed by atoms with van der Waals surface area (Å²) in [6.07, 6.45) is 2.02. The molecule has 1 saturated heterocycles. The van der Waals surface area contributed by atoms with Gasteiger partial charge in [0.2, 0.25) is 6.54 Å². The van der Waals surface area contributed by atoms with Crippen LogP contribution in [0.5, 0.6) is 0 Å². The van der Waals surface area contributed by atoms with Crippen LogP contribution in [0, 0.1) is 12.0 Å². The molecule has 2 rings (SSSR count). The van der Waals surface area contributed by atoms with Gasteiger partial charge in [-0.05, 0) is 45.6 Å². The number of hydrogen-bond acceptors (Lipinski definition) is 3. The Morgan fingerprint density at radius 2 is 1.80 bits per heavy atom. The first-order valence-corrected chi connectivity index (χ1v) is 8.77. The molecule has 1 fully saturated rings. The maximum atomic E-state index is 12.2. The molecule has 1 aliphatic rings. The summed E-state index contributed by atoms with van der Waals surface area (Å²) >= 11 is 0. The van der Waals surface area contributed by atoms with Crippen LogP contribution in [0.3, 0.4) is 0 Å². The van der Waals surface area contributed by atoms with Crippen molar-refractivity contribution >= 4 is 6.09 Å². The van der Waals surface area contributed by atoms with Crippen molar-refractivity contribution in [3.63, 3.8) is 0 Å². The van der Waals surface area contributed by atoms with Crippen LogP contribution in [0.1, 0.15) is 44.7 Å². The van der Waals surface area contributed by atoms with Gasteiger partial charge < -0.3 is 19.6 Å². The van der Waals surface area contributed by atoms with Crippen molar-refractivity contribution in [2.75, 3.05) is 19.7 Å². The standard InChI is InChI=1S/C20H28N2O3/c1-19(2,3)25-18(24)22-11-9-20(15-23,10-12-22)13-16-5-7-17(8-6-16)14-21-4/h5-8,23H,9-15H2,1-3H3. The summed E-state index contributed by atoms with van der Waals surface area (Å²) in [5.74, 6) is 0. The predicted octanol–water partition coefficient (Wildman–Crippen LogP) is 3.66. The Balaban J connectivity index is 1.96. The van der Waals surface area contributed by atoms with Gasteiger partial charge in [0.05, 0.1) is 0 Å². The Labute approximate surface area is 150 Å². The Kier molecular flexibility index (Phi) is 6.07. The molecule has 25 heavy (non-hydrogen) atoms. The summed E-state index contributed by atoms with van der Waals surface area (Å²) in [4.78, 5) is 17.3. The monoisotopic (exact) mass is 344 g/mol. The van der Waals surface area contributed by atoms with E-state index in [1.54, 1.807) is 4.90 Å². The van der Waals surface area contributed by atoms with E-state index in [4.69, 9.17) is 11.3 Å². The minimum absolute atomic E-state index is 0.110. The molecule has 0 radical (unpaired) electrons. The highest BCUT2D eigenvalue weighted by Crippen LogP contribution is 2.35. The molecule has 5 nitrogen and oxygen atoms in total. The van der Waals surface area contributed by atoms with Crippen LogP contribution >= 0.6 is 0 Å². The summed E-state index contributed by atoms with van der Waals surface area (Å²) in [5, 5.41) is 9.98. The molecule has 0 unspecified atom stereocenters. The molecule has 1 amide bonds. The number of piperidine rings is 1. The summed E-state index contributed by atoms with van der Waals surface area (Å²) in [7, 11) is 0. The van der Waals surface area contributed by atoms with Crippen LogP contribution in [0.2, 0.25) is 0 Å². The summed E-state index contributed by atoms with van der Waals surface area (Å²) in [6, 6.07) is 8.04. The lowest BCUT2D eigenvalue weighted by Crippen LogP contribution is -2.47. The van der Waals surface area contributed by atoms with Gasteiger partial charge in [0.25, 0.3) is 0 Å². The van der Waals surface area contributed by atoms with Crippen molar-refractivity contribution in [1.82, 2.24) is 4.90 Å². The third-order valence-corrected chi connectivity index (χ3v) is 4.67. The van der Waals surface area contributed by atoms with Crippen LogP contribution in [0.15, 0.2) is 24.3 Å². The predicted molar refractivity (Wildman–Crippen MR) is 97.0 cm³/mol. The van der Waals surface area contributed by atoms with E-state index in [1.807, 2.05) is 45.0 Å². The number of carbonyl (C=O) groups is 1. The third-order valence-electron chi connectivity index (χ3n) is 4.67. The highest BCUT2D eigenvalue weighted by molar-refractivity contribution is 5.68. The number of aliphatic hydroxyl groups excluding tert-OH is 1. The molecular formula is C20H28N2O3. The van der Waals surface area contributed by atoms with Gasteiger partial charge in [0.15, 0.2) is 0 Å². The van der Waals surface area contributed by atoms with Gasteiger partial charge in [-0.3, -0.25) is 0 Å². The van der Waals surface area contributed by atoms with Gasteiger partial charge in [-0.25, -0.2) is 11.4 Å². The second-order valence-corrected chi connectivity index (χ2v) is 7.94. The Bertz CT molecular complexity index is 618. The SMILES string of the molecule is [C-]#[N+]Cc1ccc(CC2(CO)CCN(C(=O)OC(C)(C)C)CC2)cc1. The van der Waals surface area contributed by atoms with E-state index in [0.717, 1.165) is 30.4 Å². The van der Waals surface area contributed by atoms with E-state index in [-0.39, 0.29) is 18.1 Å². The molecular weight excluding hydrogens is 316 g/mol. The van der Waals surface area contributed by atoms with E-state index in [1.165, 1.54) is 0 Å². The second kappa shape index (κ2) is 7.88. The maximum absolute atomic E-state index is 12.2. The minimum atomic E-state index is -0.490. The quantitative estimate of drug-likeness (QED) is 0.848. The summed E-state index contributed by atoms with van der Waals surface area (Å²) in [6.45, 7) is 14.2. The molecule has 1 aromatic rings. The lowest BCUT2D eigenvalue weighted by molar-refractivity contribution is -0.000183. The summed E-state index contributed by atoms with van der Waals surface area (Å²) < 4.78 is 5.43. The molecule has 1 N–H and O–H groups in total. The van der Waals surface area contributed by atoms with Crippen molar-refractivity contribution in [2.45, 2.75) is 52.2 Å². The minimum Gasteiger partial charge on any atom is -0.444 e. The number of likely N-dealkylation sites (tertiary alicyclic amines) is 1. The van der Waals surface area contributed by atoms with E-state index in [2.05, 4.69) is 4.85 Å². The van der Waals surface area contributed by atoms with Crippen molar-refractivity contribution in [2.24, 2.45) is 5.41 Å². The fourth-order valence-corrected chi connectivity index (χ4v) is 3.17. The number of hydrogen-bond donors (Lipinski definition) is 1. The molecule has 0 spiro atoms. The normalized spacial score (nSPS) is 17.0. The van der Waals surface area contributed by atoms with Crippen LogP contribution in [-0.2, 0) is 17.7 Å². The van der Waals surface area contributed by atoms with E-state index in [9.17, 15) is 9.90 Å². The molecule has 1 aromatic carbocycles. The number of ether oxygens (including phenoxy) is 1. The van der Waals surface area contributed by atoms with Gasteiger partial charge in [-0.1, -0.05) is 24.3 Å². The first kappa shape index (κ1) is 19.3. The zero-order valence-corrected chi connectivity index (χ0v) is 15.4. The number of nitrogens with zero attached hydrogens (tertiary/aromatic N) is 2. The molecule has 0 aliphatic carbocycles. The van der Waals surface area contributed by atoms with Crippen molar-refractivity contribution < 1.29 is 14.6 Å². The first-order chi connectivity index (χ1) is 11.8. The fraction of sp³-hybridized carbons (Fsp3) is 0.600. The van der Waals surface area contributed by atoms with E-state index in [0.29, 0.717) is 19.6 Å². The first-order valence-electron chi connectivity index (χ1n) is 8.77. The number of amides is 1. The molecule has 136 valence electrons. The van der Waals surface area contributed by atoms with Gasteiger partial charge >= 0.3 is 6.09 Å². The van der Waals surface area contributed by atoms with Crippen molar-refractivity contribution in [1.29, 1.82) is 0 Å². The Morgan fingerprint density at radius 3 is 2.28 bits per heavy atom. The van der Waals surface area contributed by atoms with Crippen molar-refractivity contribution in [3.05, 3.63) is 46.8 Å². The molecule has 1 heterocycles. The highest BCUT2D eigenvalue weighted by Gasteiger charge is 2.36. The fourth-order valence-electron chi connectivity index (χ4n) is 3.17. The van der Waals surface area contributed by atoms with Gasteiger partial charge in [-0.2, -0.15) is 0 Å². The van der Waals surface area contributed by atoms with Gasteiger partial charge in [0.1, 0.15) is 5.60 Å². The number of aliphatic hydroxyl groups is 1. The largest absolute Gasteiger partial charge is 0.444 e. The second-order valence-electron chi connectivity index (χ2n) is 7.94. The van der Waals surface area contributed by atoms with E-state index < -0.39 is 5.60 Å². The maximum Gasteiger partial charge on any atom is 0.410 e. The number of carbonyl (C=O) groups excluding carboxylic acids is 1. The zero-order chi connectivity index (χ0) is 18.5. The summed E-state index contributed by atoms with van der Waals surface area (Å²) in [5.41, 5.74) is 1.49. The van der Waals surface area contributed by atoms with Gasteiger partial charge in [0, 0.05) is 30.7 Å². The highest BCUT2D eigenvalue weighted by atomic mass is 16.6. The molecule has 0 aromatic heterocycles. The lowest BCUT2D eigenvalue weighted by atomic mass is 9.74. The number of benzene rings is 1. The van der Waals surface area contributed by atoms with E-state index >= 15 is 0 Å². The van der Waals surface area contributed by atoms with Gasteiger partial charge in [-0.15, -0.1) is 0 Å². The third kappa shape index (κ3) is 5.47. The van der Waals surface area contributed by atoms with Crippen LogP contribution in [-0.4, -0.2) is 41.4 Å². The molecule has 0 saturated carbocycles. The topological polar surface area (TPSA) is 54.1 Å². The average Bonchev–Trinajstić information content (AvgIpc) is 2.56. The van der Waals surface area contributed by atoms with Crippen molar-refractivity contribution in [3.8, 4) is 0 Å². The smallest absolute Gasteiger partial charge is 0.410 e. The zero-order valence-electron chi connectivity index (χ0n) is 15.4.